The number of aromatic hydroxyl groups is 1. The number of furan rings is 1. The number of ketones is 1. The van der Waals surface area contributed by atoms with Crippen molar-refractivity contribution in [3.05, 3.63) is 65.3 Å². The fourth-order valence-electron chi connectivity index (χ4n) is 3.19. The summed E-state index contributed by atoms with van der Waals surface area (Å²) in [5.41, 5.74) is 0.627. The summed E-state index contributed by atoms with van der Waals surface area (Å²) in [5, 5.41) is 20.2. The quantitative estimate of drug-likeness (QED) is 0.828. The third-order valence-corrected chi connectivity index (χ3v) is 4.29. The maximum Gasteiger partial charge on any atom is 0.290 e. The Morgan fingerprint density at radius 1 is 1.23 bits per heavy atom. The normalized spacial score (nSPS) is 17.4. The maximum atomic E-state index is 12.7. The van der Waals surface area contributed by atoms with Crippen molar-refractivity contribution in [3.63, 3.8) is 0 Å². The Morgan fingerprint density at radius 2 is 2.00 bits per heavy atom. The smallest absolute Gasteiger partial charge is 0.290 e. The second kappa shape index (κ2) is 7.07. The van der Waals surface area contributed by atoms with Crippen LogP contribution in [0.1, 0.15) is 37.6 Å². The first-order valence-electron chi connectivity index (χ1n) is 8.47. The molecule has 0 radical (unpaired) electrons. The van der Waals surface area contributed by atoms with Crippen molar-refractivity contribution in [3.8, 4) is 5.75 Å². The van der Waals surface area contributed by atoms with Crippen molar-refractivity contribution < 1.29 is 24.2 Å². The summed E-state index contributed by atoms with van der Waals surface area (Å²) in [6.07, 6.45) is 1.72. The molecule has 0 aliphatic carbocycles. The number of Topliss-reactive ketones (excluding diaryl/α,β-unsaturated/α-hetero) is 1. The van der Waals surface area contributed by atoms with Crippen LogP contribution in [0.4, 0.5) is 0 Å². The zero-order valence-corrected chi connectivity index (χ0v) is 14.7. The summed E-state index contributed by atoms with van der Waals surface area (Å²) in [4.78, 5) is 26.8. The van der Waals surface area contributed by atoms with E-state index < -0.39 is 17.7 Å². The van der Waals surface area contributed by atoms with Gasteiger partial charge < -0.3 is 19.5 Å². The molecule has 2 heterocycles. The van der Waals surface area contributed by atoms with Gasteiger partial charge in [-0.1, -0.05) is 26.0 Å². The largest absolute Gasteiger partial charge is 0.508 e. The molecule has 2 N–H and O–H groups in total. The first kappa shape index (κ1) is 17.8. The molecule has 1 atom stereocenters. The summed E-state index contributed by atoms with van der Waals surface area (Å²) in [6, 6.07) is 9.01. The molecule has 26 heavy (non-hydrogen) atoms. The summed E-state index contributed by atoms with van der Waals surface area (Å²) in [6.45, 7) is 3.90. The molecule has 0 fully saturated rings. The summed E-state index contributed by atoms with van der Waals surface area (Å²) < 4.78 is 5.32. The number of aliphatic hydroxyl groups is 1. The van der Waals surface area contributed by atoms with Crippen LogP contribution in [0.5, 0.6) is 5.75 Å². The lowest BCUT2D eigenvalue weighted by Gasteiger charge is -2.26. The topological polar surface area (TPSA) is 91.0 Å². The zero-order chi connectivity index (χ0) is 18.8. The second-order valence-corrected chi connectivity index (χ2v) is 6.79. The van der Waals surface area contributed by atoms with Gasteiger partial charge in [0, 0.05) is 6.42 Å². The van der Waals surface area contributed by atoms with E-state index in [0.29, 0.717) is 11.3 Å². The monoisotopic (exact) mass is 355 g/mol. The second-order valence-electron chi connectivity index (χ2n) is 6.79. The number of hydrogen-bond acceptors (Lipinski definition) is 5. The molecule has 1 aliphatic heterocycles. The van der Waals surface area contributed by atoms with Crippen molar-refractivity contribution in [2.75, 3.05) is 0 Å². The number of rotatable bonds is 6. The van der Waals surface area contributed by atoms with Gasteiger partial charge in [0.25, 0.3) is 5.91 Å². The van der Waals surface area contributed by atoms with Gasteiger partial charge in [-0.25, -0.2) is 0 Å². The molecule has 1 aromatic heterocycles. The molecule has 3 rings (SSSR count). The molecule has 1 amide bonds. The van der Waals surface area contributed by atoms with Crippen LogP contribution in [-0.4, -0.2) is 26.8 Å². The Balaban J connectivity index is 2.05. The molecule has 1 unspecified atom stereocenters. The van der Waals surface area contributed by atoms with Crippen LogP contribution in [0.15, 0.2) is 58.4 Å². The Kier molecular flexibility index (Phi) is 4.84. The molecule has 0 spiro atoms. The number of amides is 1. The van der Waals surface area contributed by atoms with E-state index in [1.165, 1.54) is 23.3 Å². The fourth-order valence-corrected chi connectivity index (χ4v) is 3.19. The highest BCUT2D eigenvalue weighted by atomic mass is 16.3. The average molecular weight is 355 g/mol. The molecule has 2 aromatic rings. The van der Waals surface area contributed by atoms with Crippen molar-refractivity contribution in [1.29, 1.82) is 0 Å². The van der Waals surface area contributed by atoms with Crippen LogP contribution < -0.4 is 0 Å². The fraction of sp³-hybridized carbons (Fsp3) is 0.300. The number of carbonyl (C=O) groups excluding carboxylic acids is 2. The lowest BCUT2D eigenvalue weighted by atomic mass is 9.92. The number of hydrogen-bond donors (Lipinski definition) is 2. The first-order chi connectivity index (χ1) is 12.4. The predicted molar refractivity (Wildman–Crippen MR) is 94.2 cm³/mol. The predicted octanol–water partition coefficient (Wildman–Crippen LogP) is 3.50. The van der Waals surface area contributed by atoms with E-state index in [4.69, 9.17) is 4.42 Å². The van der Waals surface area contributed by atoms with Crippen molar-refractivity contribution >= 4 is 11.7 Å². The first-order valence-corrected chi connectivity index (χ1v) is 8.47. The third kappa shape index (κ3) is 3.35. The number of aliphatic hydroxyl groups excluding tert-OH is 1. The minimum Gasteiger partial charge on any atom is -0.508 e. The molecule has 6 nitrogen and oxygen atoms in total. The molecule has 0 saturated heterocycles. The minimum absolute atomic E-state index is 0.0231. The van der Waals surface area contributed by atoms with Crippen molar-refractivity contribution in [2.24, 2.45) is 5.92 Å². The van der Waals surface area contributed by atoms with E-state index in [0.717, 1.165) is 0 Å². The Morgan fingerprint density at radius 3 is 2.62 bits per heavy atom. The lowest BCUT2D eigenvalue weighted by molar-refractivity contribution is -0.130. The molecular formula is C20H21NO5. The maximum absolute atomic E-state index is 12.7. The van der Waals surface area contributed by atoms with Crippen LogP contribution in [0.3, 0.4) is 0 Å². The van der Waals surface area contributed by atoms with Gasteiger partial charge in [-0.15, -0.1) is 0 Å². The average Bonchev–Trinajstić information content (AvgIpc) is 3.16. The number of nitrogens with zero attached hydrogens (tertiary/aromatic N) is 1. The summed E-state index contributed by atoms with van der Waals surface area (Å²) in [7, 11) is 0. The molecule has 1 aromatic carbocycles. The van der Waals surface area contributed by atoms with Gasteiger partial charge >= 0.3 is 0 Å². The SMILES string of the molecule is CC(C)CC(=O)C1=C(O)C(=O)N(Cc2ccco2)C1c1cccc(O)c1. The number of phenols is 1. The number of phenolic OH excluding ortho intramolecular Hbond substituents is 1. The zero-order valence-electron chi connectivity index (χ0n) is 14.7. The number of benzene rings is 1. The van der Waals surface area contributed by atoms with Gasteiger partial charge in [-0.2, -0.15) is 0 Å². The molecular weight excluding hydrogens is 334 g/mol. The number of carbonyl (C=O) groups is 2. The molecule has 0 bridgehead atoms. The van der Waals surface area contributed by atoms with Gasteiger partial charge in [0.1, 0.15) is 11.5 Å². The summed E-state index contributed by atoms with van der Waals surface area (Å²) >= 11 is 0. The van der Waals surface area contributed by atoms with E-state index in [9.17, 15) is 19.8 Å². The van der Waals surface area contributed by atoms with E-state index in [-0.39, 0.29) is 36.0 Å². The van der Waals surface area contributed by atoms with E-state index in [1.807, 2.05) is 13.8 Å². The Labute approximate surface area is 151 Å². The highest BCUT2D eigenvalue weighted by Gasteiger charge is 2.43. The summed E-state index contributed by atoms with van der Waals surface area (Å²) in [5.74, 6) is -0.788. The Bertz CT molecular complexity index is 851. The van der Waals surface area contributed by atoms with Gasteiger partial charge in [0.05, 0.1) is 24.4 Å². The standard InChI is InChI=1S/C20H21NO5/c1-12(2)9-16(23)17-18(13-5-3-6-14(22)10-13)21(20(25)19(17)24)11-15-7-4-8-26-15/h3-8,10,12,18,22,24H,9,11H2,1-2H3. The highest BCUT2D eigenvalue weighted by molar-refractivity contribution is 6.09. The van der Waals surface area contributed by atoms with Gasteiger partial charge in [-0.05, 0) is 35.7 Å². The van der Waals surface area contributed by atoms with E-state index in [1.54, 1.807) is 24.3 Å². The van der Waals surface area contributed by atoms with Crippen LogP contribution in [0, 0.1) is 5.92 Å². The van der Waals surface area contributed by atoms with Crippen molar-refractivity contribution in [1.82, 2.24) is 4.90 Å². The van der Waals surface area contributed by atoms with Crippen LogP contribution >= 0.6 is 0 Å². The van der Waals surface area contributed by atoms with Crippen LogP contribution in [-0.2, 0) is 16.1 Å². The van der Waals surface area contributed by atoms with Gasteiger partial charge in [-0.3, -0.25) is 9.59 Å². The molecule has 1 aliphatic rings. The Hall–Kier alpha value is -3.02. The van der Waals surface area contributed by atoms with Crippen LogP contribution in [0.2, 0.25) is 0 Å². The van der Waals surface area contributed by atoms with E-state index in [2.05, 4.69) is 0 Å². The molecule has 0 saturated carbocycles. The third-order valence-electron chi connectivity index (χ3n) is 4.29. The minimum atomic E-state index is -0.772. The van der Waals surface area contributed by atoms with Crippen molar-refractivity contribution in [2.45, 2.75) is 32.9 Å². The molecule has 136 valence electrons. The highest BCUT2D eigenvalue weighted by Crippen LogP contribution is 2.40. The van der Waals surface area contributed by atoms with E-state index >= 15 is 0 Å². The van der Waals surface area contributed by atoms with Crippen LogP contribution in [0.25, 0.3) is 0 Å². The lowest BCUT2D eigenvalue weighted by Crippen LogP contribution is -2.30. The van der Waals surface area contributed by atoms with Gasteiger partial charge in [0.15, 0.2) is 11.5 Å². The molecule has 6 heteroatoms. The van der Waals surface area contributed by atoms with Gasteiger partial charge in [0.2, 0.25) is 0 Å².